The average Bonchev–Trinajstić information content (AvgIpc) is 3.02. The van der Waals surface area contributed by atoms with Crippen LogP contribution in [0.1, 0.15) is 55.4 Å². The van der Waals surface area contributed by atoms with Crippen molar-refractivity contribution in [3.63, 3.8) is 0 Å². The van der Waals surface area contributed by atoms with Gasteiger partial charge in [-0.25, -0.2) is 9.37 Å². The molecule has 154 valence electrons. The number of halogens is 1. The SMILES string of the molecule is CCCn1c(CN(CCC(C)C)C(=O)c2ccc(C)cc2)nc2ccc(F)cc21. The quantitative estimate of drug-likeness (QED) is 0.499. The summed E-state index contributed by atoms with van der Waals surface area (Å²) in [5, 5.41) is 0. The molecule has 29 heavy (non-hydrogen) atoms. The number of imidazole rings is 1. The molecule has 0 N–H and O–H groups in total. The lowest BCUT2D eigenvalue weighted by Gasteiger charge is -2.24. The Morgan fingerprint density at radius 1 is 1.17 bits per heavy atom. The van der Waals surface area contributed by atoms with Gasteiger partial charge < -0.3 is 9.47 Å². The fraction of sp³-hybridized carbons (Fsp3) is 0.417. The largest absolute Gasteiger partial charge is 0.331 e. The second-order valence-electron chi connectivity index (χ2n) is 8.09. The minimum atomic E-state index is -0.270. The van der Waals surface area contributed by atoms with E-state index in [9.17, 15) is 9.18 Å². The normalized spacial score (nSPS) is 11.4. The van der Waals surface area contributed by atoms with E-state index in [2.05, 4.69) is 20.8 Å². The molecular weight excluding hydrogens is 365 g/mol. The van der Waals surface area contributed by atoms with E-state index in [4.69, 9.17) is 4.98 Å². The summed E-state index contributed by atoms with van der Waals surface area (Å²) in [4.78, 5) is 19.8. The van der Waals surface area contributed by atoms with Gasteiger partial charge in [0.05, 0.1) is 17.6 Å². The number of amides is 1. The molecule has 3 rings (SSSR count). The predicted molar refractivity (Wildman–Crippen MR) is 115 cm³/mol. The Labute approximate surface area is 172 Å². The van der Waals surface area contributed by atoms with Crippen molar-refractivity contribution in [1.29, 1.82) is 0 Å². The Hall–Kier alpha value is -2.69. The second kappa shape index (κ2) is 9.21. The molecule has 1 amide bonds. The molecule has 2 aromatic carbocycles. The second-order valence-corrected chi connectivity index (χ2v) is 8.09. The molecule has 3 aromatic rings. The highest BCUT2D eigenvalue weighted by molar-refractivity contribution is 5.94. The van der Waals surface area contributed by atoms with E-state index in [0.29, 0.717) is 24.6 Å². The fourth-order valence-corrected chi connectivity index (χ4v) is 3.46. The monoisotopic (exact) mass is 395 g/mol. The first-order chi connectivity index (χ1) is 13.9. The third-order valence-electron chi connectivity index (χ3n) is 5.13. The molecule has 0 radical (unpaired) electrons. The smallest absolute Gasteiger partial charge is 0.254 e. The summed E-state index contributed by atoms with van der Waals surface area (Å²) in [7, 11) is 0. The van der Waals surface area contributed by atoms with Crippen LogP contribution in [-0.2, 0) is 13.1 Å². The molecule has 0 spiro atoms. The number of nitrogens with zero attached hydrogens (tertiary/aromatic N) is 3. The van der Waals surface area contributed by atoms with Gasteiger partial charge in [-0.05, 0) is 56.0 Å². The van der Waals surface area contributed by atoms with Crippen molar-refractivity contribution in [1.82, 2.24) is 14.5 Å². The molecule has 5 heteroatoms. The average molecular weight is 396 g/mol. The van der Waals surface area contributed by atoms with Crippen molar-refractivity contribution in [2.45, 2.75) is 53.6 Å². The zero-order valence-electron chi connectivity index (χ0n) is 17.8. The highest BCUT2D eigenvalue weighted by Crippen LogP contribution is 2.21. The molecule has 0 aliphatic rings. The molecule has 0 fully saturated rings. The molecule has 0 aliphatic carbocycles. The molecule has 1 aromatic heterocycles. The number of carbonyl (C=O) groups excluding carboxylic acids is 1. The van der Waals surface area contributed by atoms with Crippen molar-refractivity contribution in [2.24, 2.45) is 5.92 Å². The molecule has 0 unspecified atom stereocenters. The summed E-state index contributed by atoms with van der Waals surface area (Å²) in [5.74, 6) is 1.03. The van der Waals surface area contributed by atoms with Crippen molar-refractivity contribution in [3.8, 4) is 0 Å². The zero-order chi connectivity index (χ0) is 21.0. The Bertz CT molecular complexity index is 976. The molecule has 0 saturated carbocycles. The van der Waals surface area contributed by atoms with Gasteiger partial charge in [-0.2, -0.15) is 0 Å². The van der Waals surface area contributed by atoms with Crippen LogP contribution < -0.4 is 0 Å². The maximum absolute atomic E-state index is 13.8. The highest BCUT2D eigenvalue weighted by atomic mass is 19.1. The first-order valence-corrected chi connectivity index (χ1v) is 10.4. The molecule has 0 atom stereocenters. The van der Waals surface area contributed by atoms with Gasteiger partial charge in [0, 0.05) is 18.7 Å². The summed E-state index contributed by atoms with van der Waals surface area (Å²) in [6.07, 6.45) is 1.83. The van der Waals surface area contributed by atoms with Crippen molar-refractivity contribution in [2.75, 3.05) is 6.54 Å². The number of rotatable bonds is 8. The van der Waals surface area contributed by atoms with Crippen LogP contribution in [0.5, 0.6) is 0 Å². The van der Waals surface area contributed by atoms with Crippen LogP contribution in [0, 0.1) is 18.7 Å². The number of aromatic nitrogens is 2. The number of benzene rings is 2. The summed E-state index contributed by atoms with van der Waals surface area (Å²) >= 11 is 0. The minimum Gasteiger partial charge on any atom is -0.331 e. The highest BCUT2D eigenvalue weighted by Gasteiger charge is 2.20. The van der Waals surface area contributed by atoms with Crippen LogP contribution >= 0.6 is 0 Å². The predicted octanol–water partition coefficient (Wildman–Crippen LogP) is 5.58. The van der Waals surface area contributed by atoms with Crippen LogP contribution in [0.4, 0.5) is 4.39 Å². The van der Waals surface area contributed by atoms with E-state index in [0.717, 1.165) is 41.8 Å². The Morgan fingerprint density at radius 2 is 1.90 bits per heavy atom. The van der Waals surface area contributed by atoms with E-state index < -0.39 is 0 Å². The molecular formula is C24H30FN3O. The standard InChI is InChI=1S/C24H30FN3O/c1-5-13-28-22-15-20(25)10-11-21(22)26-23(28)16-27(14-12-17(2)3)24(29)19-8-6-18(4)7-9-19/h6-11,15,17H,5,12-14,16H2,1-4H3. The Balaban J connectivity index is 1.95. The maximum Gasteiger partial charge on any atom is 0.254 e. The Morgan fingerprint density at radius 3 is 2.55 bits per heavy atom. The molecule has 4 nitrogen and oxygen atoms in total. The van der Waals surface area contributed by atoms with Gasteiger partial charge in [-0.3, -0.25) is 4.79 Å². The third kappa shape index (κ3) is 5.03. The molecule has 0 saturated heterocycles. The van der Waals surface area contributed by atoms with Crippen molar-refractivity contribution < 1.29 is 9.18 Å². The van der Waals surface area contributed by atoms with Crippen LogP contribution in [0.2, 0.25) is 0 Å². The van der Waals surface area contributed by atoms with E-state index in [1.165, 1.54) is 12.1 Å². The summed E-state index contributed by atoms with van der Waals surface area (Å²) in [6.45, 7) is 10.2. The topological polar surface area (TPSA) is 38.1 Å². The summed E-state index contributed by atoms with van der Waals surface area (Å²) < 4.78 is 15.9. The fourth-order valence-electron chi connectivity index (χ4n) is 3.46. The van der Waals surface area contributed by atoms with E-state index in [-0.39, 0.29) is 11.7 Å². The van der Waals surface area contributed by atoms with E-state index >= 15 is 0 Å². The first-order valence-electron chi connectivity index (χ1n) is 10.4. The van der Waals surface area contributed by atoms with Gasteiger partial charge in [-0.15, -0.1) is 0 Å². The number of hydrogen-bond donors (Lipinski definition) is 0. The summed E-state index contributed by atoms with van der Waals surface area (Å²) in [5.41, 5.74) is 3.36. The number of fused-ring (bicyclic) bond motifs is 1. The van der Waals surface area contributed by atoms with Gasteiger partial charge in [-0.1, -0.05) is 38.5 Å². The van der Waals surface area contributed by atoms with Gasteiger partial charge in [0.2, 0.25) is 0 Å². The van der Waals surface area contributed by atoms with Gasteiger partial charge in [0.1, 0.15) is 11.6 Å². The number of carbonyl (C=O) groups is 1. The van der Waals surface area contributed by atoms with Crippen LogP contribution in [0.15, 0.2) is 42.5 Å². The van der Waals surface area contributed by atoms with E-state index in [1.54, 1.807) is 6.07 Å². The first kappa shape index (κ1) is 21.0. The van der Waals surface area contributed by atoms with Gasteiger partial charge in [0.15, 0.2) is 0 Å². The van der Waals surface area contributed by atoms with Crippen LogP contribution in [-0.4, -0.2) is 26.9 Å². The lowest BCUT2D eigenvalue weighted by molar-refractivity contribution is 0.0729. The minimum absolute atomic E-state index is 0.00642. The lowest BCUT2D eigenvalue weighted by atomic mass is 10.1. The van der Waals surface area contributed by atoms with Gasteiger partial charge in [0.25, 0.3) is 5.91 Å². The van der Waals surface area contributed by atoms with Gasteiger partial charge >= 0.3 is 0 Å². The maximum atomic E-state index is 13.8. The van der Waals surface area contributed by atoms with E-state index in [1.807, 2.05) is 40.7 Å². The molecule has 1 heterocycles. The third-order valence-corrected chi connectivity index (χ3v) is 5.13. The lowest BCUT2D eigenvalue weighted by Crippen LogP contribution is -2.33. The number of hydrogen-bond acceptors (Lipinski definition) is 2. The summed E-state index contributed by atoms with van der Waals surface area (Å²) in [6, 6.07) is 12.4. The van der Waals surface area contributed by atoms with Crippen LogP contribution in [0.25, 0.3) is 11.0 Å². The van der Waals surface area contributed by atoms with Crippen molar-refractivity contribution >= 4 is 16.9 Å². The molecule has 0 bridgehead atoms. The number of aryl methyl sites for hydroxylation is 2. The zero-order valence-corrected chi connectivity index (χ0v) is 17.8. The van der Waals surface area contributed by atoms with Crippen molar-refractivity contribution in [3.05, 3.63) is 65.2 Å². The molecule has 0 aliphatic heterocycles. The Kier molecular flexibility index (Phi) is 6.68. The van der Waals surface area contributed by atoms with Crippen LogP contribution in [0.3, 0.4) is 0 Å².